The van der Waals surface area contributed by atoms with Gasteiger partial charge in [-0.05, 0) is 18.6 Å². The summed E-state index contributed by atoms with van der Waals surface area (Å²) in [5, 5.41) is 9.31. The molecule has 0 aromatic rings. The van der Waals surface area contributed by atoms with E-state index in [9.17, 15) is 5.11 Å². The topological polar surface area (TPSA) is 20.2 Å². The lowest BCUT2D eigenvalue weighted by atomic mass is 10.1. The molecule has 0 spiro atoms. The molecule has 2 atom stereocenters. The molecule has 0 rings (SSSR count). The lowest BCUT2D eigenvalue weighted by Gasteiger charge is -2.14. The molecule has 0 heterocycles. The molecule has 0 aliphatic heterocycles. The van der Waals surface area contributed by atoms with Gasteiger partial charge in [-0.25, -0.2) is 0 Å². The maximum absolute atomic E-state index is 9.19. The van der Waals surface area contributed by atoms with Crippen LogP contribution >= 0.6 is 25.3 Å². The van der Waals surface area contributed by atoms with Gasteiger partial charge in [0.05, 0.1) is 6.10 Å². The fourth-order valence-electron chi connectivity index (χ4n) is 0.597. The Bertz CT molecular complexity index is 68.1. The molecule has 1 nitrogen and oxygen atoms in total. The number of aliphatic hydroxyl groups excluding tert-OH is 1. The average molecular weight is 166 g/mol. The number of hydrogen-bond acceptors (Lipinski definition) is 3. The maximum Gasteiger partial charge on any atom is 0.0663 e. The fourth-order valence-corrected chi connectivity index (χ4v) is 1.01. The second kappa shape index (κ2) is 5.45. The predicted molar refractivity (Wildman–Crippen MR) is 47.5 cm³/mol. The molecule has 0 saturated heterocycles. The van der Waals surface area contributed by atoms with Crippen LogP contribution in [0, 0.1) is 0 Å². The highest BCUT2D eigenvalue weighted by Gasteiger charge is 2.10. The van der Waals surface area contributed by atoms with Crippen molar-refractivity contribution in [1.29, 1.82) is 0 Å². The molecular formula is C6H14OS2. The number of aliphatic hydroxyl groups is 1. The summed E-state index contributed by atoms with van der Waals surface area (Å²) in [4.78, 5) is 0. The van der Waals surface area contributed by atoms with Gasteiger partial charge in [0.1, 0.15) is 0 Å². The first-order chi connectivity index (χ1) is 4.22. The van der Waals surface area contributed by atoms with Crippen molar-refractivity contribution in [2.24, 2.45) is 0 Å². The molecule has 0 saturated carbocycles. The molecular weight excluding hydrogens is 152 g/mol. The lowest BCUT2D eigenvalue weighted by molar-refractivity contribution is 0.167. The van der Waals surface area contributed by atoms with E-state index < -0.39 is 0 Å². The second-order valence-corrected chi connectivity index (χ2v) is 3.17. The van der Waals surface area contributed by atoms with Crippen LogP contribution in [0.25, 0.3) is 0 Å². The highest BCUT2D eigenvalue weighted by atomic mass is 32.1. The van der Waals surface area contributed by atoms with Crippen molar-refractivity contribution in [3.63, 3.8) is 0 Å². The van der Waals surface area contributed by atoms with E-state index in [1.54, 1.807) is 0 Å². The summed E-state index contributed by atoms with van der Waals surface area (Å²) in [6.45, 7) is 2.01. The number of hydrogen-bond donors (Lipinski definition) is 3. The van der Waals surface area contributed by atoms with Gasteiger partial charge in [-0.1, -0.05) is 6.92 Å². The molecule has 56 valence electrons. The van der Waals surface area contributed by atoms with Gasteiger partial charge >= 0.3 is 0 Å². The van der Waals surface area contributed by atoms with Crippen LogP contribution in [0.2, 0.25) is 0 Å². The van der Waals surface area contributed by atoms with E-state index in [4.69, 9.17) is 0 Å². The first-order valence-electron chi connectivity index (χ1n) is 3.19. The molecule has 0 amide bonds. The van der Waals surface area contributed by atoms with E-state index in [0.29, 0.717) is 0 Å². The van der Waals surface area contributed by atoms with Gasteiger partial charge in [0.2, 0.25) is 0 Å². The summed E-state index contributed by atoms with van der Waals surface area (Å²) in [5.74, 6) is 0.734. The third kappa shape index (κ3) is 4.12. The summed E-state index contributed by atoms with van der Waals surface area (Å²) in [7, 11) is 0. The van der Waals surface area contributed by atoms with E-state index in [1.807, 2.05) is 6.92 Å². The molecule has 0 aromatic carbocycles. The van der Waals surface area contributed by atoms with E-state index in [1.165, 1.54) is 0 Å². The first-order valence-corrected chi connectivity index (χ1v) is 4.34. The molecule has 0 aliphatic rings. The van der Waals surface area contributed by atoms with Crippen LogP contribution < -0.4 is 0 Å². The van der Waals surface area contributed by atoms with Crippen LogP contribution in [0.4, 0.5) is 0 Å². The minimum atomic E-state index is -0.282. The molecule has 0 radical (unpaired) electrons. The zero-order valence-electron chi connectivity index (χ0n) is 5.62. The van der Waals surface area contributed by atoms with Crippen molar-refractivity contribution in [3.8, 4) is 0 Å². The van der Waals surface area contributed by atoms with Gasteiger partial charge in [0.15, 0.2) is 0 Å². The van der Waals surface area contributed by atoms with E-state index >= 15 is 0 Å². The van der Waals surface area contributed by atoms with Gasteiger partial charge in [0.25, 0.3) is 0 Å². The molecule has 9 heavy (non-hydrogen) atoms. The van der Waals surface area contributed by atoms with Crippen molar-refractivity contribution >= 4 is 25.3 Å². The summed E-state index contributed by atoms with van der Waals surface area (Å²) in [6, 6.07) is 0. The van der Waals surface area contributed by atoms with Crippen LogP contribution in [0.15, 0.2) is 0 Å². The largest absolute Gasteiger partial charge is 0.392 e. The van der Waals surface area contributed by atoms with Gasteiger partial charge in [-0.3, -0.25) is 0 Å². The van der Waals surface area contributed by atoms with Crippen molar-refractivity contribution < 1.29 is 5.11 Å². The number of thiol groups is 2. The van der Waals surface area contributed by atoms with E-state index in [-0.39, 0.29) is 11.4 Å². The molecule has 1 N–H and O–H groups in total. The third-order valence-corrected chi connectivity index (χ3v) is 2.25. The van der Waals surface area contributed by atoms with Gasteiger partial charge in [0, 0.05) is 5.25 Å². The maximum atomic E-state index is 9.19. The monoisotopic (exact) mass is 166 g/mol. The van der Waals surface area contributed by atoms with Crippen LogP contribution in [-0.4, -0.2) is 22.2 Å². The molecule has 0 bridgehead atoms. The zero-order valence-corrected chi connectivity index (χ0v) is 7.41. The Kier molecular flexibility index (Phi) is 5.84. The van der Waals surface area contributed by atoms with Crippen LogP contribution in [0.5, 0.6) is 0 Å². The third-order valence-electron chi connectivity index (χ3n) is 1.29. The fraction of sp³-hybridized carbons (Fsp3) is 1.00. The molecule has 2 unspecified atom stereocenters. The van der Waals surface area contributed by atoms with Crippen LogP contribution in [0.1, 0.15) is 19.8 Å². The molecule has 3 heteroatoms. The Hall–Kier alpha value is 0.660. The highest BCUT2D eigenvalue weighted by molar-refractivity contribution is 7.81. The Morgan fingerprint density at radius 3 is 2.44 bits per heavy atom. The summed E-state index contributed by atoms with van der Waals surface area (Å²) >= 11 is 8.17. The molecule has 0 aromatic heterocycles. The van der Waals surface area contributed by atoms with E-state index in [2.05, 4.69) is 25.3 Å². The Morgan fingerprint density at radius 1 is 1.56 bits per heavy atom. The predicted octanol–water partition coefficient (Wildman–Crippen LogP) is 1.38. The van der Waals surface area contributed by atoms with Crippen LogP contribution in [-0.2, 0) is 0 Å². The smallest absolute Gasteiger partial charge is 0.0663 e. The van der Waals surface area contributed by atoms with Gasteiger partial charge < -0.3 is 5.11 Å². The summed E-state index contributed by atoms with van der Waals surface area (Å²) in [5.41, 5.74) is 0. The summed E-state index contributed by atoms with van der Waals surface area (Å²) in [6.07, 6.45) is 1.37. The highest BCUT2D eigenvalue weighted by Crippen LogP contribution is 2.09. The molecule has 0 aliphatic carbocycles. The van der Waals surface area contributed by atoms with Crippen molar-refractivity contribution in [3.05, 3.63) is 0 Å². The van der Waals surface area contributed by atoms with E-state index in [0.717, 1.165) is 18.6 Å². The minimum absolute atomic E-state index is 0.122. The SMILES string of the molecule is CCC(S)C(O)CCS. The normalized spacial score (nSPS) is 17.3. The Balaban J connectivity index is 3.32. The number of rotatable bonds is 4. The second-order valence-electron chi connectivity index (χ2n) is 2.06. The van der Waals surface area contributed by atoms with Crippen molar-refractivity contribution in [2.75, 3.05) is 5.75 Å². The Morgan fingerprint density at radius 2 is 2.11 bits per heavy atom. The first kappa shape index (κ1) is 9.66. The zero-order chi connectivity index (χ0) is 7.28. The average Bonchev–Trinajstić information content (AvgIpc) is 1.87. The standard InChI is InChI=1S/C6H14OS2/c1-2-6(9)5(7)3-4-8/h5-9H,2-4H2,1H3. The quantitative estimate of drug-likeness (QED) is 0.539. The van der Waals surface area contributed by atoms with Crippen LogP contribution in [0.3, 0.4) is 0 Å². The van der Waals surface area contributed by atoms with Gasteiger partial charge in [-0.2, -0.15) is 25.3 Å². The van der Waals surface area contributed by atoms with Gasteiger partial charge in [-0.15, -0.1) is 0 Å². The van der Waals surface area contributed by atoms with Crippen molar-refractivity contribution in [2.45, 2.75) is 31.1 Å². The summed E-state index contributed by atoms with van der Waals surface area (Å²) < 4.78 is 0. The lowest BCUT2D eigenvalue weighted by Crippen LogP contribution is -2.20. The Labute approximate surface area is 67.7 Å². The van der Waals surface area contributed by atoms with Crippen molar-refractivity contribution in [1.82, 2.24) is 0 Å². The molecule has 0 fully saturated rings. The minimum Gasteiger partial charge on any atom is -0.392 e.